The molecule has 1 heterocycles. The molecule has 0 amide bonds. The van der Waals surface area contributed by atoms with Gasteiger partial charge in [-0.1, -0.05) is 12.1 Å². The van der Waals surface area contributed by atoms with E-state index in [1.165, 1.54) is 14.2 Å². The summed E-state index contributed by atoms with van der Waals surface area (Å²) in [6.45, 7) is 5.48. The van der Waals surface area contributed by atoms with E-state index in [-0.39, 0.29) is 18.8 Å². The number of methoxy groups -OCH3 is 3. The van der Waals surface area contributed by atoms with E-state index < -0.39 is 35.5 Å². The molecule has 2 aliphatic rings. The van der Waals surface area contributed by atoms with E-state index >= 15 is 0 Å². The molecule has 3 atom stereocenters. The van der Waals surface area contributed by atoms with Crippen LogP contribution in [0.2, 0.25) is 0 Å². The molecular formula is C31H35NO8. The molecule has 2 aromatic carbocycles. The molecule has 4 rings (SSSR count). The minimum Gasteiger partial charge on any atom is -0.497 e. The molecule has 9 heteroatoms. The summed E-state index contributed by atoms with van der Waals surface area (Å²) in [4.78, 5) is 41.2. The lowest BCUT2D eigenvalue weighted by Gasteiger charge is -2.39. The number of ether oxygens (including phenoxy) is 5. The number of nitrogens with one attached hydrogen (secondary N) is 1. The smallest absolute Gasteiger partial charge is 0.336 e. The van der Waals surface area contributed by atoms with E-state index in [2.05, 4.69) is 5.32 Å². The Bertz CT molecular complexity index is 1360. The third-order valence-corrected chi connectivity index (χ3v) is 7.35. The van der Waals surface area contributed by atoms with Crippen LogP contribution in [0.4, 0.5) is 0 Å². The Hall–Kier alpha value is -4.27. The largest absolute Gasteiger partial charge is 0.497 e. The molecule has 1 N–H and O–H groups in total. The number of ketones is 1. The third-order valence-electron chi connectivity index (χ3n) is 7.35. The second-order valence-corrected chi connectivity index (χ2v) is 9.50. The topological polar surface area (TPSA) is 109 Å². The quantitative estimate of drug-likeness (QED) is 0.359. The van der Waals surface area contributed by atoms with E-state index in [4.69, 9.17) is 23.7 Å². The van der Waals surface area contributed by atoms with Crippen LogP contribution in [-0.4, -0.2) is 52.3 Å². The average molecular weight is 550 g/mol. The lowest BCUT2D eigenvalue weighted by Crippen LogP contribution is -2.43. The van der Waals surface area contributed by atoms with Crippen molar-refractivity contribution in [3.63, 3.8) is 0 Å². The summed E-state index contributed by atoms with van der Waals surface area (Å²) in [6, 6.07) is 12.5. The summed E-state index contributed by atoms with van der Waals surface area (Å²) in [6.07, 6.45) is 0.340. The van der Waals surface area contributed by atoms with E-state index in [1.807, 2.05) is 12.1 Å². The predicted octanol–water partition coefficient (Wildman–Crippen LogP) is 4.43. The van der Waals surface area contributed by atoms with Gasteiger partial charge in [-0.25, -0.2) is 4.79 Å². The van der Waals surface area contributed by atoms with Crippen molar-refractivity contribution in [2.75, 3.05) is 34.5 Å². The minimum atomic E-state index is -1.12. The summed E-state index contributed by atoms with van der Waals surface area (Å²) >= 11 is 0. The van der Waals surface area contributed by atoms with Gasteiger partial charge < -0.3 is 29.0 Å². The first-order valence-electron chi connectivity index (χ1n) is 13.2. The number of Topliss-reactive ketones (excluding diaryl/α,β-unsaturated/α-hetero) is 1. The van der Waals surface area contributed by atoms with Crippen LogP contribution in [0.3, 0.4) is 0 Å². The lowest BCUT2D eigenvalue weighted by atomic mass is 9.67. The maximum Gasteiger partial charge on any atom is 0.336 e. The molecular weight excluding hydrogens is 514 g/mol. The molecule has 1 aliphatic carbocycles. The van der Waals surface area contributed by atoms with Crippen LogP contribution in [0.1, 0.15) is 50.2 Å². The molecule has 0 aromatic heterocycles. The molecule has 0 saturated heterocycles. The van der Waals surface area contributed by atoms with Gasteiger partial charge in [0.1, 0.15) is 23.2 Å². The van der Waals surface area contributed by atoms with Gasteiger partial charge in [0.25, 0.3) is 0 Å². The molecule has 2 aromatic rings. The molecule has 0 saturated carbocycles. The van der Waals surface area contributed by atoms with E-state index in [1.54, 1.807) is 58.2 Å². The van der Waals surface area contributed by atoms with Crippen LogP contribution in [0.25, 0.3) is 0 Å². The first-order chi connectivity index (χ1) is 19.3. The molecule has 0 spiro atoms. The van der Waals surface area contributed by atoms with Crippen LogP contribution in [0.15, 0.2) is 65.0 Å². The van der Waals surface area contributed by atoms with E-state index in [0.29, 0.717) is 46.2 Å². The number of hydrogen-bond acceptors (Lipinski definition) is 9. The second-order valence-electron chi connectivity index (χ2n) is 9.50. The highest BCUT2D eigenvalue weighted by molar-refractivity contribution is 6.13. The minimum absolute atomic E-state index is 0.127. The van der Waals surface area contributed by atoms with Crippen LogP contribution >= 0.6 is 0 Å². The van der Waals surface area contributed by atoms with Gasteiger partial charge >= 0.3 is 11.9 Å². The van der Waals surface area contributed by atoms with Crippen molar-refractivity contribution in [3.05, 3.63) is 76.1 Å². The Balaban J connectivity index is 1.95. The zero-order valence-corrected chi connectivity index (χ0v) is 23.7. The first kappa shape index (κ1) is 28.7. The standard InChI is InChI=1S/C31H35NO8/c1-7-39-30(34)25-17(3)32-23-16-21(18-9-11-19(36-4)12-10-18)27(31(35)40-8-2)29(33)28(23)26(25)22-15-20(37-5)13-14-24(22)38-6/h9-15,21,26-27,32H,7-8,16H2,1-6H3/t21-,26+,27-/m1/s1. The fourth-order valence-corrected chi connectivity index (χ4v) is 5.56. The molecule has 0 fully saturated rings. The summed E-state index contributed by atoms with van der Waals surface area (Å²) in [5.41, 5.74) is 3.12. The highest BCUT2D eigenvalue weighted by atomic mass is 16.5. The lowest BCUT2D eigenvalue weighted by molar-refractivity contribution is -0.152. The maximum absolute atomic E-state index is 14.5. The number of carbonyl (C=O) groups excluding carboxylic acids is 3. The summed E-state index contributed by atoms with van der Waals surface area (Å²) in [7, 11) is 4.63. The second kappa shape index (κ2) is 12.3. The average Bonchev–Trinajstić information content (AvgIpc) is 2.96. The zero-order chi connectivity index (χ0) is 29.0. The number of dihydropyridines is 1. The Morgan fingerprint density at radius 3 is 2.15 bits per heavy atom. The Kier molecular flexibility index (Phi) is 8.82. The fraction of sp³-hybridized carbons (Fsp3) is 0.387. The van der Waals surface area contributed by atoms with Crippen molar-refractivity contribution in [1.82, 2.24) is 5.32 Å². The summed E-state index contributed by atoms with van der Waals surface area (Å²) < 4.78 is 27.3. The maximum atomic E-state index is 14.5. The molecule has 1 aliphatic heterocycles. The van der Waals surface area contributed by atoms with Gasteiger partial charge in [-0.2, -0.15) is 0 Å². The van der Waals surface area contributed by atoms with Crippen molar-refractivity contribution in [2.45, 2.75) is 39.0 Å². The summed E-state index contributed by atoms with van der Waals surface area (Å²) in [5, 5.41) is 3.31. The van der Waals surface area contributed by atoms with Gasteiger partial charge in [0, 0.05) is 28.4 Å². The first-order valence-corrected chi connectivity index (χ1v) is 13.2. The van der Waals surface area contributed by atoms with Gasteiger partial charge in [0.05, 0.1) is 46.0 Å². The van der Waals surface area contributed by atoms with Crippen LogP contribution < -0.4 is 19.5 Å². The normalized spacial score (nSPS) is 20.4. The van der Waals surface area contributed by atoms with E-state index in [9.17, 15) is 14.4 Å². The summed E-state index contributed by atoms with van der Waals surface area (Å²) in [5.74, 6) is -2.41. The Morgan fingerprint density at radius 1 is 0.900 bits per heavy atom. The molecule has 0 radical (unpaired) electrons. The van der Waals surface area contributed by atoms with Crippen molar-refractivity contribution < 1.29 is 38.1 Å². The fourth-order valence-electron chi connectivity index (χ4n) is 5.56. The van der Waals surface area contributed by atoms with Crippen molar-refractivity contribution in [3.8, 4) is 17.2 Å². The number of allylic oxidation sites excluding steroid dienone is 3. The van der Waals surface area contributed by atoms with E-state index in [0.717, 1.165) is 5.56 Å². The SMILES string of the molecule is CCOC(=O)C1=C(C)NC2=C(C(=O)[C@H](C(=O)OCC)[C@@H](c3ccc(OC)cc3)C2)[C@H]1c1cc(OC)ccc1OC. The number of hydrogen-bond donors (Lipinski definition) is 1. The molecule has 9 nitrogen and oxygen atoms in total. The monoisotopic (exact) mass is 549 g/mol. The predicted molar refractivity (Wildman–Crippen MR) is 147 cm³/mol. The number of esters is 2. The molecule has 40 heavy (non-hydrogen) atoms. The molecule has 0 bridgehead atoms. The van der Waals surface area contributed by atoms with Crippen molar-refractivity contribution in [1.29, 1.82) is 0 Å². The van der Waals surface area contributed by atoms with Gasteiger partial charge in [0.15, 0.2) is 5.78 Å². The van der Waals surface area contributed by atoms with Gasteiger partial charge in [0.2, 0.25) is 0 Å². The van der Waals surface area contributed by atoms with Crippen LogP contribution in [0, 0.1) is 5.92 Å². The van der Waals surface area contributed by atoms with Crippen LogP contribution in [-0.2, 0) is 23.9 Å². The Morgan fingerprint density at radius 2 is 1.55 bits per heavy atom. The number of rotatable bonds is 9. The number of carbonyl (C=O) groups is 3. The van der Waals surface area contributed by atoms with Gasteiger partial charge in [-0.3, -0.25) is 9.59 Å². The van der Waals surface area contributed by atoms with Gasteiger partial charge in [-0.15, -0.1) is 0 Å². The van der Waals surface area contributed by atoms with Crippen molar-refractivity contribution >= 4 is 17.7 Å². The van der Waals surface area contributed by atoms with Crippen molar-refractivity contribution in [2.24, 2.45) is 5.92 Å². The van der Waals surface area contributed by atoms with Crippen LogP contribution in [0.5, 0.6) is 17.2 Å². The Labute approximate surface area is 234 Å². The highest BCUT2D eigenvalue weighted by Crippen LogP contribution is 2.50. The third kappa shape index (κ3) is 5.28. The zero-order valence-electron chi connectivity index (χ0n) is 23.7. The number of benzene rings is 2. The van der Waals surface area contributed by atoms with Gasteiger partial charge in [-0.05, 0) is 63.1 Å². The molecule has 212 valence electrons. The molecule has 0 unspecified atom stereocenters. The highest BCUT2D eigenvalue weighted by Gasteiger charge is 2.49.